The molecule has 1 N–H and O–H groups in total. The van der Waals surface area contributed by atoms with E-state index in [-0.39, 0.29) is 5.75 Å². The summed E-state index contributed by atoms with van der Waals surface area (Å²) in [7, 11) is -3.22. The van der Waals surface area contributed by atoms with Crippen molar-refractivity contribution in [1.82, 2.24) is 15.3 Å². The number of carbonyl (C=O) groups excluding carboxylic acids is 1. The molecule has 0 saturated carbocycles. The van der Waals surface area contributed by atoms with Crippen LogP contribution in [0.1, 0.15) is 16.2 Å². The zero-order valence-electron chi connectivity index (χ0n) is 12.4. The Morgan fingerprint density at radius 1 is 1.26 bits per heavy atom. The first-order valence-electron chi connectivity index (χ1n) is 7.05. The molecule has 6 nitrogen and oxygen atoms in total. The van der Waals surface area contributed by atoms with Crippen LogP contribution in [0.4, 0.5) is 0 Å². The molecular weight excluding hydrogens is 314 g/mol. The number of aromatic nitrogens is 2. The van der Waals surface area contributed by atoms with Gasteiger partial charge < -0.3 is 5.32 Å². The monoisotopic (exact) mass is 329 g/mol. The maximum Gasteiger partial charge on any atom is 0.255 e. The summed E-state index contributed by atoms with van der Waals surface area (Å²) in [5.74, 6) is 0.0471. The third kappa shape index (κ3) is 3.45. The van der Waals surface area contributed by atoms with E-state index in [1.807, 2.05) is 30.3 Å². The Labute approximate surface area is 134 Å². The summed E-state index contributed by atoms with van der Waals surface area (Å²) in [6.07, 6.45) is 2.94. The summed E-state index contributed by atoms with van der Waals surface area (Å²) in [6, 6.07) is 8.79. The van der Waals surface area contributed by atoms with Crippen molar-refractivity contribution in [2.75, 3.05) is 5.75 Å². The average molecular weight is 329 g/mol. The number of hydrogen-bond acceptors (Lipinski definition) is 5. The number of hydrogen-bond donors (Lipinski definition) is 1. The van der Waals surface area contributed by atoms with Crippen molar-refractivity contribution in [1.29, 1.82) is 0 Å². The summed E-state index contributed by atoms with van der Waals surface area (Å²) >= 11 is 0. The topological polar surface area (TPSA) is 89.0 Å². The van der Waals surface area contributed by atoms with Gasteiger partial charge in [-0.2, -0.15) is 0 Å². The van der Waals surface area contributed by atoms with Crippen LogP contribution in [-0.4, -0.2) is 36.1 Å². The third-order valence-electron chi connectivity index (χ3n) is 3.45. The molecule has 23 heavy (non-hydrogen) atoms. The van der Waals surface area contributed by atoms with Crippen LogP contribution in [0.2, 0.25) is 0 Å². The van der Waals surface area contributed by atoms with Crippen LogP contribution in [0.3, 0.4) is 0 Å². The van der Waals surface area contributed by atoms with Gasteiger partial charge in [-0.05, 0) is 13.0 Å². The number of sulfone groups is 1. The SMILES string of the molecule is Cc1ncc(C(=O)N[C@@H]2C=CS(=O)(=O)C2)c(-c2ccccc2)n1. The van der Waals surface area contributed by atoms with E-state index in [9.17, 15) is 13.2 Å². The van der Waals surface area contributed by atoms with E-state index in [1.54, 1.807) is 6.92 Å². The second-order valence-electron chi connectivity index (χ2n) is 5.28. The molecule has 1 aromatic carbocycles. The Morgan fingerprint density at radius 3 is 2.65 bits per heavy atom. The van der Waals surface area contributed by atoms with Gasteiger partial charge in [0, 0.05) is 17.2 Å². The molecule has 1 atom stereocenters. The Morgan fingerprint density at radius 2 is 2.00 bits per heavy atom. The van der Waals surface area contributed by atoms with E-state index < -0.39 is 21.8 Å². The minimum atomic E-state index is -3.22. The van der Waals surface area contributed by atoms with Crippen LogP contribution in [0.15, 0.2) is 48.0 Å². The van der Waals surface area contributed by atoms with Crippen molar-refractivity contribution in [3.8, 4) is 11.3 Å². The molecule has 1 amide bonds. The van der Waals surface area contributed by atoms with Gasteiger partial charge in [0.15, 0.2) is 9.84 Å². The summed E-state index contributed by atoms with van der Waals surface area (Å²) in [4.78, 5) is 20.9. The maximum atomic E-state index is 12.5. The van der Waals surface area contributed by atoms with E-state index >= 15 is 0 Å². The number of carbonyl (C=O) groups is 1. The molecule has 0 bridgehead atoms. The molecule has 2 heterocycles. The largest absolute Gasteiger partial charge is 0.345 e. The van der Waals surface area contributed by atoms with Crippen LogP contribution in [-0.2, 0) is 9.84 Å². The minimum Gasteiger partial charge on any atom is -0.345 e. The lowest BCUT2D eigenvalue weighted by Gasteiger charge is -2.13. The summed E-state index contributed by atoms with van der Waals surface area (Å²) in [5.41, 5.74) is 1.65. The Kier molecular flexibility index (Phi) is 3.96. The van der Waals surface area contributed by atoms with Crippen LogP contribution >= 0.6 is 0 Å². The average Bonchev–Trinajstić information content (AvgIpc) is 2.86. The number of aryl methyl sites for hydroxylation is 1. The highest BCUT2D eigenvalue weighted by atomic mass is 32.2. The molecule has 0 saturated heterocycles. The highest BCUT2D eigenvalue weighted by Crippen LogP contribution is 2.21. The quantitative estimate of drug-likeness (QED) is 0.921. The highest BCUT2D eigenvalue weighted by Gasteiger charge is 2.25. The van der Waals surface area contributed by atoms with E-state index in [0.29, 0.717) is 17.1 Å². The molecule has 0 radical (unpaired) electrons. The highest BCUT2D eigenvalue weighted by molar-refractivity contribution is 7.94. The predicted molar refractivity (Wildman–Crippen MR) is 86.4 cm³/mol. The van der Waals surface area contributed by atoms with Crippen molar-refractivity contribution < 1.29 is 13.2 Å². The molecule has 0 aliphatic carbocycles. The number of nitrogens with one attached hydrogen (secondary N) is 1. The van der Waals surface area contributed by atoms with Gasteiger partial charge in [0.1, 0.15) is 5.82 Å². The van der Waals surface area contributed by atoms with Crippen molar-refractivity contribution in [3.63, 3.8) is 0 Å². The van der Waals surface area contributed by atoms with E-state index in [1.165, 1.54) is 12.3 Å². The molecule has 3 rings (SSSR count). The van der Waals surface area contributed by atoms with Crippen LogP contribution in [0.25, 0.3) is 11.3 Å². The Bertz CT molecular complexity index is 877. The molecular formula is C16H15N3O3S. The normalized spacial score (nSPS) is 18.7. The second-order valence-corrected chi connectivity index (χ2v) is 7.21. The third-order valence-corrected chi connectivity index (χ3v) is 4.84. The van der Waals surface area contributed by atoms with Crippen LogP contribution in [0, 0.1) is 6.92 Å². The van der Waals surface area contributed by atoms with E-state index in [4.69, 9.17) is 0 Å². The smallest absolute Gasteiger partial charge is 0.255 e. The fraction of sp³-hybridized carbons (Fsp3) is 0.188. The number of benzene rings is 1. The predicted octanol–water partition coefficient (Wildman–Crippen LogP) is 1.49. The van der Waals surface area contributed by atoms with Gasteiger partial charge in [-0.3, -0.25) is 4.79 Å². The standard InChI is InChI=1S/C16H15N3O3S/c1-11-17-9-14(15(18-11)12-5-3-2-4-6-12)16(20)19-13-7-8-23(21,22)10-13/h2-9,13H,10H2,1H3,(H,19,20)/t13-/m1/s1. The molecule has 2 aromatic rings. The van der Waals surface area contributed by atoms with Gasteiger partial charge in [0.25, 0.3) is 5.91 Å². The molecule has 118 valence electrons. The molecule has 1 aliphatic heterocycles. The van der Waals surface area contributed by atoms with E-state index in [0.717, 1.165) is 11.0 Å². The van der Waals surface area contributed by atoms with Crippen LogP contribution < -0.4 is 5.32 Å². The van der Waals surface area contributed by atoms with Crippen LogP contribution in [0.5, 0.6) is 0 Å². The Balaban J connectivity index is 1.91. The van der Waals surface area contributed by atoms with Gasteiger partial charge in [0.05, 0.1) is 23.1 Å². The number of nitrogens with zero attached hydrogens (tertiary/aromatic N) is 2. The minimum absolute atomic E-state index is 0.119. The van der Waals surface area contributed by atoms with Crippen molar-refractivity contribution in [2.24, 2.45) is 0 Å². The number of amides is 1. The van der Waals surface area contributed by atoms with Gasteiger partial charge in [-0.25, -0.2) is 18.4 Å². The van der Waals surface area contributed by atoms with Crippen molar-refractivity contribution in [3.05, 3.63) is 59.4 Å². The summed E-state index contributed by atoms with van der Waals surface area (Å²) in [6.45, 7) is 1.75. The lowest BCUT2D eigenvalue weighted by atomic mass is 10.1. The molecule has 7 heteroatoms. The zero-order valence-corrected chi connectivity index (χ0v) is 13.2. The second kappa shape index (κ2) is 5.92. The molecule has 1 aliphatic rings. The summed E-state index contributed by atoms with van der Waals surface area (Å²) < 4.78 is 22.9. The molecule has 1 aromatic heterocycles. The first-order valence-corrected chi connectivity index (χ1v) is 8.77. The zero-order chi connectivity index (χ0) is 16.4. The first kappa shape index (κ1) is 15.4. The van der Waals surface area contributed by atoms with E-state index in [2.05, 4.69) is 15.3 Å². The van der Waals surface area contributed by atoms with Gasteiger partial charge in [0.2, 0.25) is 0 Å². The van der Waals surface area contributed by atoms with Crippen molar-refractivity contribution in [2.45, 2.75) is 13.0 Å². The molecule has 0 unspecified atom stereocenters. The Hall–Kier alpha value is -2.54. The molecule has 0 fully saturated rings. The van der Waals surface area contributed by atoms with Gasteiger partial charge in [-0.1, -0.05) is 30.3 Å². The lowest BCUT2D eigenvalue weighted by Crippen LogP contribution is -2.36. The fourth-order valence-electron chi connectivity index (χ4n) is 2.36. The first-order chi connectivity index (χ1) is 10.9. The maximum absolute atomic E-state index is 12.5. The summed E-state index contributed by atoms with van der Waals surface area (Å²) in [5, 5.41) is 3.82. The lowest BCUT2D eigenvalue weighted by molar-refractivity contribution is 0.0947. The fourth-order valence-corrected chi connectivity index (χ4v) is 3.60. The van der Waals surface area contributed by atoms with Gasteiger partial charge in [-0.15, -0.1) is 0 Å². The van der Waals surface area contributed by atoms with Crippen molar-refractivity contribution >= 4 is 15.7 Å². The van der Waals surface area contributed by atoms with Gasteiger partial charge >= 0.3 is 0 Å². The number of rotatable bonds is 3. The molecule has 0 spiro atoms.